The molecule has 1 fully saturated rings. The van der Waals surface area contributed by atoms with Gasteiger partial charge in [-0.05, 0) is 18.2 Å². The Morgan fingerprint density at radius 1 is 1.20 bits per heavy atom. The summed E-state index contributed by atoms with van der Waals surface area (Å²) >= 11 is 0. The van der Waals surface area contributed by atoms with Crippen LogP contribution in [0, 0.1) is 5.92 Å². The number of carbonyl (C=O) groups excluding carboxylic acids is 2. The van der Waals surface area contributed by atoms with Gasteiger partial charge in [0.15, 0.2) is 6.04 Å². The van der Waals surface area contributed by atoms with Crippen molar-refractivity contribution < 1.29 is 22.8 Å². The van der Waals surface area contributed by atoms with E-state index in [2.05, 4.69) is 10.2 Å². The van der Waals surface area contributed by atoms with Crippen molar-refractivity contribution in [3.63, 3.8) is 0 Å². The number of hydrogen-bond acceptors (Lipinski definition) is 4. The summed E-state index contributed by atoms with van der Waals surface area (Å²) in [6.45, 7) is 0.102. The highest BCUT2D eigenvalue weighted by Gasteiger charge is 2.51. The summed E-state index contributed by atoms with van der Waals surface area (Å²) < 4.78 is 38.0. The minimum atomic E-state index is -4.53. The van der Waals surface area contributed by atoms with Crippen LogP contribution in [0.4, 0.5) is 18.9 Å². The molecule has 104 valence electrons. The summed E-state index contributed by atoms with van der Waals surface area (Å²) in [5.41, 5.74) is -0.992. The largest absolute Gasteiger partial charge is 0.416 e. The number of imide groups is 1. The van der Waals surface area contributed by atoms with Gasteiger partial charge >= 0.3 is 6.18 Å². The van der Waals surface area contributed by atoms with E-state index in [-0.39, 0.29) is 12.2 Å². The molecular weight excluding hydrogens is 275 g/mol. The van der Waals surface area contributed by atoms with Gasteiger partial charge in [-0.3, -0.25) is 9.59 Å². The van der Waals surface area contributed by atoms with Crippen LogP contribution in [-0.2, 0) is 15.8 Å². The fraction of sp³-hybridized carbons (Fsp3) is 0.333. The summed E-state index contributed by atoms with van der Waals surface area (Å²) in [6.07, 6.45) is -4.53. The highest BCUT2D eigenvalue weighted by Crippen LogP contribution is 2.35. The van der Waals surface area contributed by atoms with E-state index in [9.17, 15) is 22.8 Å². The molecule has 0 aliphatic carbocycles. The molecule has 0 saturated carbocycles. The Kier molecular flexibility index (Phi) is 2.63. The molecule has 3 rings (SSSR count). The lowest BCUT2D eigenvalue weighted by atomic mass is 10.1. The molecule has 1 aromatic rings. The molecule has 1 saturated heterocycles. The van der Waals surface area contributed by atoms with Crippen LogP contribution in [0.1, 0.15) is 5.56 Å². The lowest BCUT2D eigenvalue weighted by molar-refractivity contribution is -0.137. The number of azo groups is 1. The van der Waals surface area contributed by atoms with Crippen LogP contribution in [0.25, 0.3) is 0 Å². The first-order chi connectivity index (χ1) is 9.39. The maximum absolute atomic E-state index is 12.7. The van der Waals surface area contributed by atoms with Crippen LogP contribution in [0.3, 0.4) is 0 Å². The molecular formula is C12H8F3N3O2. The second-order valence-corrected chi connectivity index (χ2v) is 4.55. The summed E-state index contributed by atoms with van der Waals surface area (Å²) in [5.74, 6) is -1.86. The van der Waals surface area contributed by atoms with E-state index >= 15 is 0 Å². The van der Waals surface area contributed by atoms with Gasteiger partial charge in [0.2, 0.25) is 5.91 Å². The molecule has 0 aromatic heterocycles. The zero-order chi connectivity index (χ0) is 14.5. The third-order valence-corrected chi connectivity index (χ3v) is 3.31. The third-order valence-electron chi connectivity index (χ3n) is 3.31. The Labute approximate surface area is 111 Å². The van der Waals surface area contributed by atoms with Crippen molar-refractivity contribution in [2.75, 3.05) is 11.4 Å². The summed E-state index contributed by atoms with van der Waals surface area (Å²) in [6, 6.07) is 3.23. The van der Waals surface area contributed by atoms with Crippen molar-refractivity contribution in [2.45, 2.75) is 12.2 Å². The highest BCUT2D eigenvalue weighted by atomic mass is 19.4. The van der Waals surface area contributed by atoms with Gasteiger partial charge in [-0.15, -0.1) is 0 Å². The average Bonchev–Trinajstić information content (AvgIpc) is 2.94. The monoisotopic (exact) mass is 283 g/mol. The number of benzene rings is 1. The lowest BCUT2D eigenvalue weighted by Crippen LogP contribution is -2.32. The van der Waals surface area contributed by atoms with Gasteiger partial charge < -0.3 is 0 Å². The van der Waals surface area contributed by atoms with Gasteiger partial charge in [0, 0.05) is 0 Å². The number of anilines is 1. The molecule has 0 spiro atoms. The Bertz CT molecular complexity index is 627. The van der Waals surface area contributed by atoms with E-state index in [0.29, 0.717) is 0 Å². The number of fused-ring (bicyclic) bond motifs is 1. The quantitative estimate of drug-likeness (QED) is 0.740. The molecule has 1 aromatic carbocycles. The number of halogens is 3. The number of amides is 2. The van der Waals surface area contributed by atoms with Gasteiger partial charge in [-0.1, -0.05) is 6.07 Å². The van der Waals surface area contributed by atoms with E-state index in [4.69, 9.17) is 0 Å². The molecule has 2 atom stereocenters. The van der Waals surface area contributed by atoms with Gasteiger partial charge in [-0.2, -0.15) is 23.4 Å². The number of hydrogen-bond donors (Lipinski definition) is 0. The molecule has 2 amide bonds. The normalized spacial score (nSPS) is 25.4. The van der Waals surface area contributed by atoms with E-state index in [1.807, 2.05) is 0 Å². The van der Waals surface area contributed by atoms with Crippen molar-refractivity contribution >= 4 is 17.5 Å². The Morgan fingerprint density at radius 3 is 2.60 bits per heavy atom. The van der Waals surface area contributed by atoms with Crippen molar-refractivity contribution in [1.29, 1.82) is 0 Å². The number of rotatable bonds is 1. The van der Waals surface area contributed by atoms with Crippen LogP contribution in [0.2, 0.25) is 0 Å². The molecule has 2 aliphatic rings. The molecule has 5 nitrogen and oxygen atoms in total. The van der Waals surface area contributed by atoms with Gasteiger partial charge in [-0.25, -0.2) is 4.90 Å². The van der Waals surface area contributed by atoms with Gasteiger partial charge in [0.25, 0.3) is 5.91 Å². The van der Waals surface area contributed by atoms with Crippen molar-refractivity contribution in [1.82, 2.24) is 0 Å². The maximum Gasteiger partial charge on any atom is 0.416 e. The maximum atomic E-state index is 12.7. The predicted molar refractivity (Wildman–Crippen MR) is 60.9 cm³/mol. The third kappa shape index (κ3) is 1.79. The first kappa shape index (κ1) is 12.8. The van der Waals surface area contributed by atoms with Crippen LogP contribution >= 0.6 is 0 Å². The number of nitrogens with zero attached hydrogens (tertiary/aromatic N) is 3. The predicted octanol–water partition coefficient (Wildman–Crippen LogP) is 2.03. The van der Waals surface area contributed by atoms with Crippen molar-refractivity contribution in [3.8, 4) is 0 Å². The molecule has 0 unspecified atom stereocenters. The standard InChI is InChI=1S/C12H8F3N3O2/c13-12(14,15)6-2-1-3-7(4-6)18-10(19)8-5-16-17-9(8)11(18)20/h1-4,8-9H,5H2/t8-,9+/m1/s1. The number of carbonyl (C=O) groups is 2. The minimum absolute atomic E-state index is 0.0839. The van der Waals surface area contributed by atoms with E-state index < -0.39 is 35.5 Å². The van der Waals surface area contributed by atoms with E-state index in [1.54, 1.807) is 0 Å². The second kappa shape index (κ2) is 4.12. The molecule has 8 heteroatoms. The smallest absolute Gasteiger partial charge is 0.274 e. The first-order valence-electron chi connectivity index (χ1n) is 5.81. The van der Waals surface area contributed by atoms with Gasteiger partial charge in [0.05, 0.1) is 23.7 Å². The Hall–Kier alpha value is -2.25. The molecule has 2 aliphatic heterocycles. The SMILES string of the molecule is O=C1[C@H]2N=NC[C@H]2C(=O)N1c1cccc(C(F)(F)F)c1. The second-order valence-electron chi connectivity index (χ2n) is 4.55. The van der Waals surface area contributed by atoms with Crippen LogP contribution in [0.5, 0.6) is 0 Å². The fourth-order valence-electron chi connectivity index (χ4n) is 2.32. The molecule has 0 radical (unpaired) electrons. The first-order valence-corrected chi connectivity index (χ1v) is 5.81. The molecule has 2 heterocycles. The fourth-order valence-corrected chi connectivity index (χ4v) is 2.32. The summed E-state index contributed by atoms with van der Waals surface area (Å²) in [4.78, 5) is 24.9. The Balaban J connectivity index is 2.00. The van der Waals surface area contributed by atoms with Gasteiger partial charge in [0.1, 0.15) is 0 Å². The summed E-state index contributed by atoms with van der Waals surface area (Å²) in [5, 5.41) is 7.30. The highest BCUT2D eigenvalue weighted by molar-refractivity contribution is 6.23. The van der Waals surface area contributed by atoms with Crippen LogP contribution < -0.4 is 4.90 Å². The molecule has 0 bridgehead atoms. The minimum Gasteiger partial charge on any atom is -0.274 e. The Morgan fingerprint density at radius 2 is 1.95 bits per heavy atom. The average molecular weight is 283 g/mol. The lowest BCUT2D eigenvalue weighted by Gasteiger charge is -2.16. The zero-order valence-corrected chi connectivity index (χ0v) is 9.96. The molecule has 20 heavy (non-hydrogen) atoms. The molecule has 0 N–H and O–H groups in total. The number of alkyl halides is 3. The van der Waals surface area contributed by atoms with Crippen molar-refractivity contribution in [2.24, 2.45) is 16.1 Å². The van der Waals surface area contributed by atoms with Crippen molar-refractivity contribution in [3.05, 3.63) is 29.8 Å². The van der Waals surface area contributed by atoms with E-state index in [1.165, 1.54) is 6.07 Å². The van der Waals surface area contributed by atoms with Crippen LogP contribution in [0.15, 0.2) is 34.5 Å². The zero-order valence-electron chi connectivity index (χ0n) is 9.96. The van der Waals surface area contributed by atoms with Crippen LogP contribution in [-0.4, -0.2) is 24.4 Å². The summed E-state index contributed by atoms with van der Waals surface area (Å²) in [7, 11) is 0. The van der Waals surface area contributed by atoms with E-state index in [0.717, 1.165) is 23.1 Å². The topological polar surface area (TPSA) is 62.1 Å².